The summed E-state index contributed by atoms with van der Waals surface area (Å²) in [4.78, 5) is 4.16. The Morgan fingerprint density at radius 2 is 2.12 bits per heavy atom. The molecule has 0 aromatic carbocycles. The first-order valence-electron chi connectivity index (χ1n) is 6.43. The standard InChI is InChI=1S/C12H22N4S/c1-9(2)7-12(5-3-4-6-12)8-14-11-15-10(13)16-17-11/h9H,3-8H2,1-2H3,(H3,13,14,15,16). The first kappa shape index (κ1) is 12.6. The van der Waals surface area contributed by atoms with Gasteiger partial charge in [-0.1, -0.05) is 26.7 Å². The lowest BCUT2D eigenvalue weighted by Gasteiger charge is -2.31. The van der Waals surface area contributed by atoms with Crippen molar-refractivity contribution in [2.75, 3.05) is 17.6 Å². The van der Waals surface area contributed by atoms with Crippen molar-refractivity contribution >= 4 is 22.6 Å². The van der Waals surface area contributed by atoms with Gasteiger partial charge in [0.2, 0.25) is 11.1 Å². The molecule has 1 aliphatic carbocycles. The van der Waals surface area contributed by atoms with Gasteiger partial charge in [-0.3, -0.25) is 0 Å². The molecule has 96 valence electrons. The van der Waals surface area contributed by atoms with Crippen molar-refractivity contribution in [1.29, 1.82) is 0 Å². The van der Waals surface area contributed by atoms with Crippen molar-refractivity contribution in [2.45, 2.75) is 46.0 Å². The van der Waals surface area contributed by atoms with Gasteiger partial charge in [0.05, 0.1) is 0 Å². The number of nitrogens with one attached hydrogen (secondary N) is 1. The van der Waals surface area contributed by atoms with Gasteiger partial charge in [0.15, 0.2) is 0 Å². The second-order valence-corrected chi connectivity index (χ2v) is 6.37. The van der Waals surface area contributed by atoms with Crippen LogP contribution in [0, 0.1) is 11.3 Å². The molecule has 0 unspecified atom stereocenters. The van der Waals surface area contributed by atoms with Crippen molar-refractivity contribution in [3.63, 3.8) is 0 Å². The van der Waals surface area contributed by atoms with Crippen LogP contribution < -0.4 is 11.1 Å². The van der Waals surface area contributed by atoms with E-state index in [-0.39, 0.29) is 0 Å². The topological polar surface area (TPSA) is 63.8 Å². The molecule has 1 aliphatic rings. The molecule has 1 aromatic heterocycles. The van der Waals surface area contributed by atoms with E-state index >= 15 is 0 Å². The summed E-state index contributed by atoms with van der Waals surface area (Å²) in [5, 5.41) is 4.28. The number of hydrogen-bond acceptors (Lipinski definition) is 5. The van der Waals surface area contributed by atoms with Crippen LogP contribution in [0.5, 0.6) is 0 Å². The van der Waals surface area contributed by atoms with Crippen molar-refractivity contribution < 1.29 is 0 Å². The lowest BCUT2D eigenvalue weighted by Crippen LogP contribution is -2.28. The third-order valence-electron chi connectivity index (χ3n) is 3.56. The van der Waals surface area contributed by atoms with Crippen LogP contribution in [0.2, 0.25) is 0 Å². The number of nitrogens with zero attached hydrogens (tertiary/aromatic N) is 2. The average Bonchev–Trinajstić information content (AvgIpc) is 2.85. The first-order valence-corrected chi connectivity index (χ1v) is 7.20. The number of nitrogens with two attached hydrogens (primary N) is 1. The molecule has 4 nitrogen and oxygen atoms in total. The summed E-state index contributed by atoms with van der Waals surface area (Å²) >= 11 is 1.35. The molecule has 1 saturated carbocycles. The molecule has 0 bridgehead atoms. The van der Waals surface area contributed by atoms with Gasteiger partial charge in [0, 0.05) is 18.1 Å². The van der Waals surface area contributed by atoms with E-state index in [2.05, 4.69) is 28.5 Å². The van der Waals surface area contributed by atoms with E-state index in [1.54, 1.807) is 0 Å². The van der Waals surface area contributed by atoms with Gasteiger partial charge in [-0.05, 0) is 30.6 Å². The smallest absolute Gasteiger partial charge is 0.233 e. The predicted molar refractivity (Wildman–Crippen MR) is 73.2 cm³/mol. The third kappa shape index (κ3) is 3.31. The SMILES string of the molecule is CC(C)CC1(CNc2nc(N)ns2)CCCC1. The fourth-order valence-corrected chi connectivity index (χ4v) is 3.51. The minimum Gasteiger partial charge on any atom is -0.367 e. The number of hydrogen-bond donors (Lipinski definition) is 2. The molecule has 1 aromatic rings. The second-order valence-electron chi connectivity index (χ2n) is 5.62. The maximum Gasteiger partial charge on any atom is 0.233 e. The molecule has 17 heavy (non-hydrogen) atoms. The van der Waals surface area contributed by atoms with Crippen LogP contribution >= 0.6 is 11.5 Å². The Labute approximate surface area is 107 Å². The Hall–Kier alpha value is -0.840. The number of nitrogen functional groups attached to an aromatic ring is 1. The van der Waals surface area contributed by atoms with Crippen molar-refractivity contribution in [3.05, 3.63) is 0 Å². The first-order chi connectivity index (χ1) is 8.10. The zero-order chi connectivity index (χ0) is 12.3. The Morgan fingerprint density at radius 3 is 2.65 bits per heavy atom. The van der Waals surface area contributed by atoms with Gasteiger partial charge in [-0.2, -0.15) is 9.36 Å². The summed E-state index contributed by atoms with van der Waals surface area (Å²) in [6.07, 6.45) is 6.71. The normalized spacial score (nSPS) is 18.8. The largest absolute Gasteiger partial charge is 0.367 e. The molecule has 0 saturated heterocycles. The maximum atomic E-state index is 5.52. The highest BCUT2D eigenvalue weighted by Gasteiger charge is 2.34. The molecule has 5 heteroatoms. The summed E-state index contributed by atoms with van der Waals surface area (Å²) < 4.78 is 3.99. The molecule has 1 heterocycles. The van der Waals surface area contributed by atoms with Crippen LogP contribution in [0.15, 0.2) is 0 Å². The number of anilines is 2. The minimum absolute atomic E-state index is 0.377. The Morgan fingerprint density at radius 1 is 1.41 bits per heavy atom. The van der Waals surface area contributed by atoms with Crippen LogP contribution in [-0.2, 0) is 0 Å². The number of rotatable bonds is 5. The summed E-state index contributed by atoms with van der Waals surface area (Å²) in [6, 6.07) is 0. The number of aromatic nitrogens is 2. The van der Waals surface area contributed by atoms with Gasteiger partial charge in [-0.15, -0.1) is 0 Å². The van der Waals surface area contributed by atoms with Crippen LogP contribution in [0.25, 0.3) is 0 Å². The van der Waals surface area contributed by atoms with Crippen molar-refractivity contribution in [2.24, 2.45) is 11.3 Å². The second kappa shape index (κ2) is 5.21. The molecule has 0 spiro atoms. The van der Waals surface area contributed by atoms with Crippen LogP contribution in [0.1, 0.15) is 46.0 Å². The zero-order valence-electron chi connectivity index (χ0n) is 10.7. The predicted octanol–water partition coefficient (Wildman–Crippen LogP) is 3.14. The molecule has 0 aliphatic heterocycles. The highest BCUT2D eigenvalue weighted by molar-refractivity contribution is 7.09. The highest BCUT2D eigenvalue weighted by Crippen LogP contribution is 2.43. The van der Waals surface area contributed by atoms with Gasteiger partial charge >= 0.3 is 0 Å². The molecule has 2 rings (SSSR count). The summed E-state index contributed by atoms with van der Waals surface area (Å²) in [5.74, 6) is 1.14. The van der Waals surface area contributed by atoms with E-state index < -0.39 is 0 Å². The Balaban J connectivity index is 1.94. The molecule has 0 amide bonds. The Bertz CT molecular complexity index is 355. The minimum atomic E-state index is 0.377. The van der Waals surface area contributed by atoms with E-state index in [9.17, 15) is 0 Å². The zero-order valence-corrected chi connectivity index (χ0v) is 11.5. The van der Waals surface area contributed by atoms with E-state index in [4.69, 9.17) is 5.73 Å². The van der Waals surface area contributed by atoms with Crippen molar-refractivity contribution in [3.8, 4) is 0 Å². The molecular weight excluding hydrogens is 232 g/mol. The van der Waals surface area contributed by atoms with E-state index in [1.807, 2.05) is 0 Å². The van der Waals surface area contributed by atoms with Gasteiger partial charge in [-0.25, -0.2) is 0 Å². The molecular formula is C12H22N4S. The van der Waals surface area contributed by atoms with E-state index in [0.717, 1.165) is 17.6 Å². The van der Waals surface area contributed by atoms with Crippen molar-refractivity contribution in [1.82, 2.24) is 9.36 Å². The van der Waals surface area contributed by atoms with Gasteiger partial charge < -0.3 is 11.1 Å². The fourth-order valence-electron chi connectivity index (χ4n) is 3.01. The highest BCUT2D eigenvalue weighted by atomic mass is 32.1. The average molecular weight is 254 g/mol. The van der Waals surface area contributed by atoms with Gasteiger partial charge in [0.25, 0.3) is 0 Å². The summed E-state index contributed by atoms with van der Waals surface area (Å²) in [6.45, 7) is 5.63. The summed E-state index contributed by atoms with van der Waals surface area (Å²) in [7, 11) is 0. The molecule has 1 fully saturated rings. The van der Waals surface area contributed by atoms with Crippen LogP contribution in [0.3, 0.4) is 0 Å². The summed E-state index contributed by atoms with van der Waals surface area (Å²) in [5.41, 5.74) is 5.99. The third-order valence-corrected chi connectivity index (χ3v) is 4.25. The monoisotopic (exact) mass is 254 g/mol. The molecule has 0 atom stereocenters. The lowest BCUT2D eigenvalue weighted by molar-refractivity contribution is 0.252. The quantitative estimate of drug-likeness (QED) is 0.847. The molecule has 3 N–H and O–H groups in total. The van der Waals surface area contributed by atoms with E-state index in [0.29, 0.717) is 11.4 Å². The molecule has 0 radical (unpaired) electrons. The Kier molecular flexibility index (Phi) is 3.86. The van der Waals surface area contributed by atoms with Crippen LogP contribution in [-0.4, -0.2) is 15.9 Å². The fraction of sp³-hybridized carbons (Fsp3) is 0.833. The van der Waals surface area contributed by atoms with Gasteiger partial charge in [0.1, 0.15) is 0 Å². The maximum absolute atomic E-state index is 5.52. The van der Waals surface area contributed by atoms with Crippen LogP contribution in [0.4, 0.5) is 11.1 Å². The lowest BCUT2D eigenvalue weighted by atomic mass is 9.78. The van der Waals surface area contributed by atoms with E-state index in [1.165, 1.54) is 43.6 Å².